The summed E-state index contributed by atoms with van der Waals surface area (Å²) in [5, 5.41) is 12.9. The fourth-order valence-corrected chi connectivity index (χ4v) is 2.16. The molecule has 0 radical (unpaired) electrons. The lowest BCUT2D eigenvalue weighted by Gasteiger charge is -2.10. The third kappa shape index (κ3) is 4.28. The van der Waals surface area contributed by atoms with Crippen molar-refractivity contribution < 1.29 is 5.21 Å². The first kappa shape index (κ1) is 15.0. The molecule has 3 nitrogen and oxygen atoms in total. The highest BCUT2D eigenvalue weighted by Crippen LogP contribution is 2.22. The van der Waals surface area contributed by atoms with Gasteiger partial charge in [0.25, 0.3) is 0 Å². The molecule has 0 saturated carbocycles. The number of allylic oxidation sites excluding steroid dienone is 1. The van der Waals surface area contributed by atoms with Gasteiger partial charge in [-0.2, -0.15) is 0 Å². The number of hydrogen-bond acceptors (Lipinski definition) is 3. The molecule has 0 atom stereocenters. The number of pyridine rings is 1. The topological polar surface area (TPSA) is 45.5 Å². The summed E-state index contributed by atoms with van der Waals surface area (Å²) in [4.78, 5) is 4.03. The minimum absolute atomic E-state index is 0.722. The molecule has 2 rings (SSSR count). The standard InChI is InChI=1S/C18H20N2O/c1-2-3-9-18(20-21)17(16-7-5-4-6-8-16)14-15-10-12-19-13-11-15/h4-8,10-14,21H,2-3,9H2,1H3/b17-14+,20-18-. The minimum Gasteiger partial charge on any atom is -0.411 e. The molecule has 0 spiro atoms. The number of nitrogens with zero attached hydrogens (tertiary/aromatic N) is 2. The Kier molecular flexibility index (Phi) is 5.71. The van der Waals surface area contributed by atoms with E-state index in [1.807, 2.05) is 48.5 Å². The van der Waals surface area contributed by atoms with Gasteiger partial charge in [-0.25, -0.2) is 0 Å². The van der Waals surface area contributed by atoms with Crippen LogP contribution < -0.4 is 0 Å². The molecule has 2 aromatic rings. The Bertz CT molecular complexity index is 604. The Morgan fingerprint density at radius 2 is 1.86 bits per heavy atom. The maximum atomic E-state index is 9.40. The third-order valence-corrected chi connectivity index (χ3v) is 3.30. The van der Waals surface area contributed by atoms with Gasteiger partial charge in [-0.1, -0.05) is 48.8 Å². The van der Waals surface area contributed by atoms with Gasteiger partial charge in [0.05, 0.1) is 5.71 Å². The normalized spacial score (nSPS) is 12.4. The van der Waals surface area contributed by atoms with E-state index in [0.717, 1.165) is 41.7 Å². The van der Waals surface area contributed by atoms with Gasteiger partial charge in [0.15, 0.2) is 0 Å². The molecule has 0 saturated heterocycles. The number of unbranched alkanes of at least 4 members (excludes halogenated alkanes) is 1. The van der Waals surface area contributed by atoms with Crippen molar-refractivity contribution in [2.75, 3.05) is 0 Å². The van der Waals surface area contributed by atoms with Gasteiger partial charge >= 0.3 is 0 Å². The summed E-state index contributed by atoms with van der Waals surface area (Å²) in [7, 11) is 0. The number of oxime groups is 1. The van der Waals surface area contributed by atoms with E-state index < -0.39 is 0 Å². The summed E-state index contributed by atoms with van der Waals surface area (Å²) in [6, 6.07) is 13.9. The summed E-state index contributed by atoms with van der Waals surface area (Å²) >= 11 is 0. The zero-order chi connectivity index (χ0) is 14.9. The summed E-state index contributed by atoms with van der Waals surface area (Å²) in [6.07, 6.45) is 8.39. The highest BCUT2D eigenvalue weighted by Gasteiger charge is 2.10. The van der Waals surface area contributed by atoms with Crippen molar-refractivity contribution in [3.63, 3.8) is 0 Å². The van der Waals surface area contributed by atoms with Crippen LogP contribution in [0.2, 0.25) is 0 Å². The Morgan fingerprint density at radius 1 is 1.14 bits per heavy atom. The van der Waals surface area contributed by atoms with E-state index in [2.05, 4.69) is 17.1 Å². The van der Waals surface area contributed by atoms with Crippen molar-refractivity contribution in [2.24, 2.45) is 5.16 Å². The van der Waals surface area contributed by atoms with Crippen molar-refractivity contribution in [2.45, 2.75) is 26.2 Å². The predicted octanol–water partition coefficient (Wildman–Crippen LogP) is 4.64. The number of aromatic nitrogens is 1. The van der Waals surface area contributed by atoms with E-state index >= 15 is 0 Å². The van der Waals surface area contributed by atoms with Crippen LogP contribution in [-0.4, -0.2) is 15.9 Å². The molecule has 0 bridgehead atoms. The molecule has 0 unspecified atom stereocenters. The van der Waals surface area contributed by atoms with Crippen molar-refractivity contribution in [1.29, 1.82) is 0 Å². The van der Waals surface area contributed by atoms with E-state index in [1.165, 1.54) is 0 Å². The molecule has 3 heteroatoms. The van der Waals surface area contributed by atoms with Crippen molar-refractivity contribution >= 4 is 17.4 Å². The van der Waals surface area contributed by atoms with E-state index in [-0.39, 0.29) is 0 Å². The monoisotopic (exact) mass is 280 g/mol. The molecule has 0 aliphatic rings. The second-order valence-corrected chi connectivity index (χ2v) is 4.85. The molecule has 0 aliphatic heterocycles. The van der Waals surface area contributed by atoms with Crippen LogP contribution in [0.5, 0.6) is 0 Å². The maximum Gasteiger partial charge on any atom is 0.0874 e. The van der Waals surface area contributed by atoms with Crippen LogP contribution >= 0.6 is 0 Å². The molecular formula is C18H20N2O. The van der Waals surface area contributed by atoms with E-state index in [9.17, 15) is 5.21 Å². The zero-order valence-corrected chi connectivity index (χ0v) is 12.2. The average Bonchev–Trinajstić information content (AvgIpc) is 2.56. The molecule has 0 fully saturated rings. The first-order chi connectivity index (χ1) is 10.3. The molecule has 0 aliphatic carbocycles. The first-order valence-electron chi connectivity index (χ1n) is 7.23. The van der Waals surface area contributed by atoms with Gasteiger partial charge in [0, 0.05) is 18.0 Å². The smallest absolute Gasteiger partial charge is 0.0874 e. The van der Waals surface area contributed by atoms with Gasteiger partial charge in [0.1, 0.15) is 0 Å². The van der Waals surface area contributed by atoms with Crippen LogP contribution in [0.4, 0.5) is 0 Å². The average molecular weight is 280 g/mol. The van der Waals surface area contributed by atoms with Gasteiger partial charge in [0.2, 0.25) is 0 Å². The molecule has 1 aromatic carbocycles. The molecule has 1 aromatic heterocycles. The third-order valence-electron chi connectivity index (χ3n) is 3.30. The molecular weight excluding hydrogens is 260 g/mol. The summed E-state index contributed by atoms with van der Waals surface area (Å²) < 4.78 is 0. The Morgan fingerprint density at radius 3 is 2.48 bits per heavy atom. The van der Waals surface area contributed by atoms with Crippen LogP contribution in [0.25, 0.3) is 11.6 Å². The molecule has 21 heavy (non-hydrogen) atoms. The van der Waals surface area contributed by atoms with Crippen LogP contribution in [0.15, 0.2) is 60.0 Å². The maximum absolute atomic E-state index is 9.40. The predicted molar refractivity (Wildman–Crippen MR) is 87.3 cm³/mol. The first-order valence-corrected chi connectivity index (χ1v) is 7.23. The second kappa shape index (κ2) is 8.00. The molecule has 0 amide bonds. The zero-order valence-electron chi connectivity index (χ0n) is 12.2. The fraction of sp³-hybridized carbons (Fsp3) is 0.222. The molecule has 1 N–H and O–H groups in total. The SMILES string of the molecule is CCCCC(=N/O)/C(=C/c1ccncc1)c1ccccc1. The van der Waals surface area contributed by atoms with E-state index in [0.29, 0.717) is 0 Å². The van der Waals surface area contributed by atoms with Gasteiger partial charge in [-0.05, 0) is 42.2 Å². The number of benzene rings is 1. The van der Waals surface area contributed by atoms with Gasteiger partial charge in [-0.3, -0.25) is 4.98 Å². The number of rotatable bonds is 6. The highest BCUT2D eigenvalue weighted by molar-refractivity contribution is 6.27. The van der Waals surface area contributed by atoms with Crippen molar-refractivity contribution in [1.82, 2.24) is 4.98 Å². The number of hydrogen-bond donors (Lipinski definition) is 1. The summed E-state index contributed by atoms with van der Waals surface area (Å²) in [6.45, 7) is 2.13. The quantitative estimate of drug-likeness (QED) is 0.476. The summed E-state index contributed by atoms with van der Waals surface area (Å²) in [5.74, 6) is 0. The Balaban J connectivity index is 2.42. The Labute approximate surface area is 125 Å². The van der Waals surface area contributed by atoms with Crippen molar-refractivity contribution in [3.05, 3.63) is 66.0 Å². The second-order valence-electron chi connectivity index (χ2n) is 4.85. The Hall–Kier alpha value is -2.42. The molecule has 108 valence electrons. The van der Waals surface area contributed by atoms with E-state index in [4.69, 9.17) is 0 Å². The fourth-order valence-electron chi connectivity index (χ4n) is 2.16. The summed E-state index contributed by atoms with van der Waals surface area (Å²) in [5.41, 5.74) is 3.78. The highest BCUT2D eigenvalue weighted by atomic mass is 16.4. The lowest BCUT2D eigenvalue weighted by atomic mass is 9.95. The van der Waals surface area contributed by atoms with Crippen LogP contribution in [0.1, 0.15) is 37.3 Å². The van der Waals surface area contributed by atoms with Gasteiger partial charge in [-0.15, -0.1) is 0 Å². The van der Waals surface area contributed by atoms with Gasteiger partial charge < -0.3 is 5.21 Å². The molecule has 1 heterocycles. The van der Waals surface area contributed by atoms with E-state index in [1.54, 1.807) is 12.4 Å². The minimum atomic E-state index is 0.722. The van der Waals surface area contributed by atoms with Crippen LogP contribution in [0, 0.1) is 0 Å². The lowest BCUT2D eigenvalue weighted by Crippen LogP contribution is -2.03. The van der Waals surface area contributed by atoms with Crippen molar-refractivity contribution in [3.8, 4) is 0 Å². The van der Waals surface area contributed by atoms with Crippen LogP contribution in [0.3, 0.4) is 0 Å². The van der Waals surface area contributed by atoms with Crippen LogP contribution in [-0.2, 0) is 0 Å². The lowest BCUT2D eigenvalue weighted by molar-refractivity contribution is 0.318. The largest absolute Gasteiger partial charge is 0.411 e.